The zero-order chi connectivity index (χ0) is 17.6. The lowest BCUT2D eigenvalue weighted by molar-refractivity contribution is 0.0613. The van der Waals surface area contributed by atoms with Crippen LogP contribution in [0.1, 0.15) is 29.6 Å². The Hall–Kier alpha value is -2.01. The van der Waals surface area contributed by atoms with Crippen LogP contribution in [0.2, 0.25) is 0 Å². The van der Waals surface area contributed by atoms with E-state index in [9.17, 15) is 4.79 Å². The van der Waals surface area contributed by atoms with Crippen LogP contribution >= 0.6 is 0 Å². The van der Waals surface area contributed by atoms with Crippen molar-refractivity contribution < 1.29 is 14.3 Å². The van der Waals surface area contributed by atoms with Crippen molar-refractivity contribution in [1.29, 1.82) is 0 Å². The Morgan fingerprint density at radius 1 is 1.04 bits per heavy atom. The monoisotopic (exact) mass is 344 g/mol. The van der Waals surface area contributed by atoms with Gasteiger partial charge in [0, 0.05) is 44.4 Å². The molecule has 3 rings (SSSR count). The highest BCUT2D eigenvalue weighted by Crippen LogP contribution is 2.24. The number of methoxy groups -OCH3 is 2. The van der Waals surface area contributed by atoms with Crippen LogP contribution in [0.5, 0.6) is 11.5 Å². The van der Waals surface area contributed by atoms with Crippen molar-refractivity contribution in [2.24, 2.45) is 5.92 Å². The molecule has 5 heteroatoms. The average Bonchev–Trinajstić information content (AvgIpc) is 2.68. The number of amides is 1. The summed E-state index contributed by atoms with van der Waals surface area (Å²) in [5.74, 6) is 2.12. The molecule has 0 spiro atoms. The first kappa shape index (κ1) is 17.8. The van der Waals surface area contributed by atoms with Gasteiger partial charge in [0.15, 0.2) is 0 Å². The molecule has 0 radical (unpaired) electrons. The molecule has 0 saturated carbocycles. The Labute approximate surface area is 150 Å². The summed E-state index contributed by atoms with van der Waals surface area (Å²) in [6.07, 6.45) is 8.29. The van der Waals surface area contributed by atoms with Crippen molar-refractivity contribution in [2.75, 3.05) is 46.9 Å². The second-order valence-corrected chi connectivity index (χ2v) is 6.84. The first-order chi connectivity index (χ1) is 12.2. The van der Waals surface area contributed by atoms with Crippen molar-refractivity contribution in [1.82, 2.24) is 9.80 Å². The van der Waals surface area contributed by atoms with Gasteiger partial charge in [0.05, 0.1) is 14.2 Å². The number of carbonyl (C=O) groups excluding carboxylic acids is 1. The van der Waals surface area contributed by atoms with Gasteiger partial charge in [-0.05, 0) is 37.3 Å². The SMILES string of the molecule is COc1cc(OC)cc(C(=O)N2CCN(CC3CC=CCC3)CC2)c1. The molecule has 5 nitrogen and oxygen atoms in total. The Morgan fingerprint density at radius 3 is 2.28 bits per heavy atom. The quantitative estimate of drug-likeness (QED) is 0.771. The number of piperazine rings is 1. The van der Waals surface area contributed by atoms with Crippen LogP contribution in [0, 0.1) is 5.92 Å². The van der Waals surface area contributed by atoms with Crippen LogP contribution in [0.15, 0.2) is 30.4 Å². The Balaban J connectivity index is 1.57. The second kappa shape index (κ2) is 8.39. The summed E-state index contributed by atoms with van der Waals surface area (Å²) < 4.78 is 10.5. The summed E-state index contributed by atoms with van der Waals surface area (Å²) in [7, 11) is 3.20. The van der Waals surface area contributed by atoms with E-state index in [-0.39, 0.29) is 5.91 Å². The lowest BCUT2D eigenvalue weighted by Crippen LogP contribution is -2.49. The highest BCUT2D eigenvalue weighted by Gasteiger charge is 2.24. The minimum Gasteiger partial charge on any atom is -0.497 e. The number of allylic oxidation sites excluding steroid dienone is 2. The lowest BCUT2D eigenvalue weighted by Gasteiger charge is -2.36. The molecule has 1 amide bonds. The van der Waals surface area contributed by atoms with Gasteiger partial charge in [-0.15, -0.1) is 0 Å². The van der Waals surface area contributed by atoms with Crippen LogP contribution in [-0.2, 0) is 0 Å². The van der Waals surface area contributed by atoms with Gasteiger partial charge in [0.2, 0.25) is 0 Å². The molecular weight excluding hydrogens is 316 g/mol. The van der Waals surface area contributed by atoms with Gasteiger partial charge in [0.25, 0.3) is 5.91 Å². The maximum Gasteiger partial charge on any atom is 0.254 e. The predicted octanol–water partition coefficient (Wildman–Crippen LogP) is 2.82. The molecule has 1 aliphatic heterocycles. The number of carbonyl (C=O) groups is 1. The predicted molar refractivity (Wildman–Crippen MR) is 98.4 cm³/mol. The third kappa shape index (κ3) is 4.54. The van der Waals surface area contributed by atoms with E-state index >= 15 is 0 Å². The molecule has 1 fully saturated rings. The van der Waals surface area contributed by atoms with E-state index in [1.54, 1.807) is 32.4 Å². The highest BCUT2D eigenvalue weighted by atomic mass is 16.5. The maximum absolute atomic E-state index is 12.8. The molecule has 1 heterocycles. The zero-order valence-electron chi connectivity index (χ0n) is 15.2. The summed E-state index contributed by atoms with van der Waals surface area (Å²) in [6, 6.07) is 5.35. The molecule has 1 atom stereocenters. The molecule has 2 aliphatic rings. The van der Waals surface area contributed by atoms with Gasteiger partial charge in [-0.25, -0.2) is 0 Å². The molecule has 1 aliphatic carbocycles. The lowest BCUT2D eigenvalue weighted by atomic mass is 9.94. The van der Waals surface area contributed by atoms with Crippen LogP contribution in [0.4, 0.5) is 0 Å². The van der Waals surface area contributed by atoms with E-state index in [0.717, 1.165) is 38.6 Å². The Morgan fingerprint density at radius 2 is 1.72 bits per heavy atom. The van der Waals surface area contributed by atoms with Gasteiger partial charge in [-0.3, -0.25) is 9.69 Å². The fourth-order valence-electron chi connectivity index (χ4n) is 3.63. The summed E-state index contributed by atoms with van der Waals surface area (Å²) in [5.41, 5.74) is 0.627. The zero-order valence-corrected chi connectivity index (χ0v) is 15.2. The Kier molecular flexibility index (Phi) is 5.97. The molecule has 1 aromatic carbocycles. The van der Waals surface area contributed by atoms with E-state index < -0.39 is 0 Å². The van der Waals surface area contributed by atoms with Crippen molar-refractivity contribution in [2.45, 2.75) is 19.3 Å². The average molecular weight is 344 g/mol. The van der Waals surface area contributed by atoms with E-state index in [1.165, 1.54) is 19.3 Å². The second-order valence-electron chi connectivity index (χ2n) is 6.84. The van der Waals surface area contributed by atoms with Crippen LogP contribution in [0.25, 0.3) is 0 Å². The summed E-state index contributed by atoms with van der Waals surface area (Å²) in [4.78, 5) is 17.3. The first-order valence-corrected chi connectivity index (χ1v) is 9.09. The van der Waals surface area contributed by atoms with E-state index in [4.69, 9.17) is 9.47 Å². The number of rotatable bonds is 5. The normalized spacial score (nSPS) is 21.2. The molecule has 1 unspecified atom stereocenters. The Bertz CT molecular complexity index is 599. The van der Waals surface area contributed by atoms with E-state index in [2.05, 4.69) is 17.1 Å². The summed E-state index contributed by atoms with van der Waals surface area (Å²) in [6.45, 7) is 4.61. The maximum atomic E-state index is 12.8. The van der Waals surface area contributed by atoms with Crippen LogP contribution < -0.4 is 9.47 Å². The number of benzene rings is 1. The smallest absolute Gasteiger partial charge is 0.254 e. The molecule has 0 aromatic heterocycles. The molecule has 1 saturated heterocycles. The third-order valence-corrected chi connectivity index (χ3v) is 5.15. The van der Waals surface area contributed by atoms with Gasteiger partial charge in [-0.2, -0.15) is 0 Å². The fourth-order valence-corrected chi connectivity index (χ4v) is 3.63. The van der Waals surface area contributed by atoms with E-state index in [1.807, 2.05) is 4.90 Å². The van der Waals surface area contributed by atoms with Gasteiger partial charge in [0.1, 0.15) is 11.5 Å². The van der Waals surface area contributed by atoms with Crippen molar-refractivity contribution in [3.8, 4) is 11.5 Å². The molecule has 136 valence electrons. The van der Waals surface area contributed by atoms with Crippen molar-refractivity contribution >= 4 is 5.91 Å². The van der Waals surface area contributed by atoms with Crippen LogP contribution in [0.3, 0.4) is 0 Å². The van der Waals surface area contributed by atoms with E-state index in [0.29, 0.717) is 17.1 Å². The molecule has 1 aromatic rings. The molecule has 0 bridgehead atoms. The van der Waals surface area contributed by atoms with Crippen molar-refractivity contribution in [3.05, 3.63) is 35.9 Å². The summed E-state index contributed by atoms with van der Waals surface area (Å²) >= 11 is 0. The fraction of sp³-hybridized carbons (Fsp3) is 0.550. The highest BCUT2D eigenvalue weighted by molar-refractivity contribution is 5.95. The topological polar surface area (TPSA) is 42.0 Å². The van der Waals surface area contributed by atoms with Crippen LogP contribution in [-0.4, -0.2) is 62.7 Å². The standard InChI is InChI=1S/C20H28N2O3/c1-24-18-12-17(13-19(14-18)25-2)20(23)22-10-8-21(9-11-22)15-16-6-4-3-5-7-16/h3-4,12-14,16H,5-11,15H2,1-2H3. The van der Waals surface area contributed by atoms with Crippen molar-refractivity contribution in [3.63, 3.8) is 0 Å². The number of ether oxygens (including phenoxy) is 2. The van der Waals surface area contributed by atoms with Gasteiger partial charge < -0.3 is 14.4 Å². The largest absolute Gasteiger partial charge is 0.497 e. The molecule has 25 heavy (non-hydrogen) atoms. The minimum absolute atomic E-state index is 0.0532. The van der Waals surface area contributed by atoms with Gasteiger partial charge >= 0.3 is 0 Å². The number of nitrogens with zero attached hydrogens (tertiary/aromatic N) is 2. The molecular formula is C20H28N2O3. The molecule has 0 N–H and O–H groups in total. The minimum atomic E-state index is 0.0532. The third-order valence-electron chi connectivity index (χ3n) is 5.15. The van der Waals surface area contributed by atoms with Gasteiger partial charge in [-0.1, -0.05) is 12.2 Å². The first-order valence-electron chi connectivity index (χ1n) is 9.09. The number of hydrogen-bond donors (Lipinski definition) is 0. The number of hydrogen-bond acceptors (Lipinski definition) is 4. The summed E-state index contributed by atoms with van der Waals surface area (Å²) in [5, 5.41) is 0.